The first-order chi connectivity index (χ1) is 11.0. The number of nitrogens with zero attached hydrogens (tertiary/aromatic N) is 1. The summed E-state index contributed by atoms with van der Waals surface area (Å²) in [5.41, 5.74) is 1.49. The Balaban J connectivity index is 1.94. The van der Waals surface area contributed by atoms with Crippen molar-refractivity contribution >= 4 is 21.7 Å². The summed E-state index contributed by atoms with van der Waals surface area (Å²) in [6.07, 6.45) is 0.786. The number of rotatable bonds is 3. The van der Waals surface area contributed by atoms with E-state index in [4.69, 9.17) is 9.44 Å². The highest BCUT2D eigenvalue weighted by atomic mass is 32.2. The molecule has 6 nitrogen and oxygen atoms in total. The third kappa shape index (κ3) is 3.03. The van der Waals surface area contributed by atoms with Crippen LogP contribution in [0.4, 0.5) is 5.69 Å². The van der Waals surface area contributed by atoms with Crippen LogP contribution >= 0.6 is 0 Å². The molecule has 0 saturated heterocycles. The average Bonchev–Trinajstić information content (AvgIpc) is 2.54. The highest BCUT2D eigenvalue weighted by Crippen LogP contribution is 2.28. The molecule has 1 N–H and O–H groups in total. The van der Waals surface area contributed by atoms with Gasteiger partial charge in [0.1, 0.15) is 11.0 Å². The molecule has 116 valence electrons. The molecule has 2 aromatic carbocycles. The van der Waals surface area contributed by atoms with E-state index in [9.17, 15) is 13.2 Å². The van der Waals surface area contributed by atoms with Gasteiger partial charge < -0.3 is 9.50 Å². The minimum atomic E-state index is -4.06. The van der Waals surface area contributed by atoms with Crippen LogP contribution in [0.3, 0.4) is 0 Å². The molecule has 0 aliphatic carbocycles. The second-order valence-electron chi connectivity index (χ2n) is 5.01. The standard InChI is InChI=1S/C16H12N2O4S/c17-10-12-3-1-2-4-15(12)22-23(20,21)13-6-7-14-11(9-13)5-8-16(19)18-14/h1-4,6-7,9H,5,8H2,(H,18,19). The van der Waals surface area contributed by atoms with Gasteiger partial charge in [-0.1, -0.05) is 12.1 Å². The van der Waals surface area contributed by atoms with Crippen LogP contribution in [-0.4, -0.2) is 14.3 Å². The Bertz CT molecular complexity index is 929. The van der Waals surface area contributed by atoms with Crippen molar-refractivity contribution in [1.82, 2.24) is 0 Å². The summed E-state index contributed by atoms with van der Waals surface area (Å²) in [7, 11) is -4.06. The van der Waals surface area contributed by atoms with Crippen LogP contribution in [-0.2, 0) is 21.3 Å². The zero-order valence-electron chi connectivity index (χ0n) is 11.9. The highest BCUT2D eigenvalue weighted by Gasteiger charge is 2.22. The summed E-state index contributed by atoms with van der Waals surface area (Å²) >= 11 is 0. The zero-order valence-corrected chi connectivity index (χ0v) is 12.8. The number of benzene rings is 2. The molecule has 0 radical (unpaired) electrons. The van der Waals surface area contributed by atoms with Gasteiger partial charge in [-0.3, -0.25) is 4.79 Å². The van der Waals surface area contributed by atoms with Crippen molar-refractivity contribution in [2.75, 3.05) is 5.32 Å². The van der Waals surface area contributed by atoms with Crippen LogP contribution in [0.5, 0.6) is 5.75 Å². The van der Waals surface area contributed by atoms with Gasteiger partial charge in [-0.05, 0) is 42.3 Å². The van der Waals surface area contributed by atoms with Gasteiger partial charge in [-0.2, -0.15) is 13.7 Å². The number of nitrogens with one attached hydrogen (secondary N) is 1. The molecule has 1 aliphatic rings. The predicted molar refractivity (Wildman–Crippen MR) is 82.4 cm³/mol. The lowest BCUT2D eigenvalue weighted by atomic mass is 10.0. The molecule has 0 spiro atoms. The Labute approximate surface area is 133 Å². The summed E-state index contributed by atoms with van der Waals surface area (Å²) in [5.74, 6) is -0.103. The number of nitriles is 1. The molecule has 1 aliphatic heterocycles. The number of aryl methyl sites for hydroxylation is 1. The van der Waals surface area contributed by atoms with E-state index in [1.807, 2.05) is 6.07 Å². The molecule has 1 amide bonds. The second-order valence-corrected chi connectivity index (χ2v) is 6.56. The van der Waals surface area contributed by atoms with E-state index in [2.05, 4.69) is 5.32 Å². The highest BCUT2D eigenvalue weighted by molar-refractivity contribution is 7.87. The number of carbonyl (C=O) groups is 1. The number of hydrogen-bond acceptors (Lipinski definition) is 5. The maximum atomic E-state index is 12.4. The molecule has 0 atom stereocenters. The van der Waals surface area contributed by atoms with Crippen LogP contribution < -0.4 is 9.50 Å². The van der Waals surface area contributed by atoms with Crippen molar-refractivity contribution in [2.24, 2.45) is 0 Å². The van der Waals surface area contributed by atoms with E-state index in [1.165, 1.54) is 24.3 Å². The third-order valence-corrected chi connectivity index (χ3v) is 4.70. The van der Waals surface area contributed by atoms with Gasteiger partial charge >= 0.3 is 10.1 Å². The monoisotopic (exact) mass is 328 g/mol. The Morgan fingerprint density at radius 3 is 2.70 bits per heavy atom. The zero-order chi connectivity index (χ0) is 16.4. The van der Waals surface area contributed by atoms with E-state index in [0.29, 0.717) is 18.5 Å². The predicted octanol–water partition coefficient (Wildman–Crippen LogP) is 2.21. The van der Waals surface area contributed by atoms with Gasteiger partial charge in [0.05, 0.1) is 5.56 Å². The van der Waals surface area contributed by atoms with Gasteiger partial charge in [-0.25, -0.2) is 0 Å². The van der Waals surface area contributed by atoms with Crippen molar-refractivity contribution in [3.8, 4) is 11.8 Å². The lowest BCUT2D eigenvalue weighted by molar-refractivity contribution is -0.116. The van der Waals surface area contributed by atoms with E-state index in [0.717, 1.165) is 5.56 Å². The van der Waals surface area contributed by atoms with Crippen molar-refractivity contribution in [3.05, 3.63) is 53.6 Å². The van der Waals surface area contributed by atoms with Gasteiger partial charge in [0.25, 0.3) is 0 Å². The maximum Gasteiger partial charge on any atom is 0.339 e. The molecule has 23 heavy (non-hydrogen) atoms. The molecular formula is C16H12N2O4S. The third-order valence-electron chi connectivity index (χ3n) is 3.47. The lowest BCUT2D eigenvalue weighted by Gasteiger charge is -2.17. The van der Waals surface area contributed by atoms with E-state index >= 15 is 0 Å². The van der Waals surface area contributed by atoms with Crippen molar-refractivity contribution in [3.63, 3.8) is 0 Å². The smallest absolute Gasteiger partial charge is 0.339 e. The quantitative estimate of drug-likeness (QED) is 0.871. The second kappa shape index (κ2) is 5.74. The maximum absolute atomic E-state index is 12.4. The minimum Gasteiger partial charge on any atom is -0.378 e. The first kappa shape index (κ1) is 15.1. The van der Waals surface area contributed by atoms with Crippen molar-refractivity contribution in [1.29, 1.82) is 5.26 Å². The molecule has 0 aromatic heterocycles. The normalized spacial score (nSPS) is 13.6. The molecule has 0 saturated carbocycles. The first-order valence-corrected chi connectivity index (χ1v) is 8.27. The fourth-order valence-electron chi connectivity index (χ4n) is 2.31. The van der Waals surface area contributed by atoms with E-state index < -0.39 is 10.1 Å². The Morgan fingerprint density at radius 1 is 1.13 bits per heavy atom. The largest absolute Gasteiger partial charge is 0.378 e. The SMILES string of the molecule is N#Cc1ccccc1OS(=O)(=O)c1ccc2c(c1)CCC(=O)N2. The molecule has 2 aromatic rings. The van der Waals surface area contributed by atoms with Crippen LogP contribution in [0, 0.1) is 11.3 Å². The molecule has 1 heterocycles. The molecule has 0 bridgehead atoms. The first-order valence-electron chi connectivity index (χ1n) is 6.86. The minimum absolute atomic E-state index is 0.0129. The lowest BCUT2D eigenvalue weighted by Crippen LogP contribution is -2.19. The summed E-state index contributed by atoms with van der Waals surface area (Å²) in [4.78, 5) is 11.3. The van der Waals surface area contributed by atoms with Crippen LogP contribution in [0.15, 0.2) is 47.4 Å². The summed E-state index contributed by atoms with van der Waals surface area (Å²) in [6, 6.07) is 12.4. The molecular weight excluding hydrogens is 316 g/mol. The van der Waals surface area contributed by atoms with Crippen molar-refractivity contribution < 1.29 is 17.4 Å². The van der Waals surface area contributed by atoms with Crippen molar-refractivity contribution in [2.45, 2.75) is 17.7 Å². The number of hydrogen-bond donors (Lipinski definition) is 1. The van der Waals surface area contributed by atoms with E-state index in [1.54, 1.807) is 18.2 Å². The average molecular weight is 328 g/mol. The van der Waals surface area contributed by atoms with Crippen LogP contribution in [0.1, 0.15) is 17.5 Å². The molecule has 0 fully saturated rings. The topological polar surface area (TPSA) is 96.3 Å². The molecule has 3 rings (SSSR count). The number of carbonyl (C=O) groups excluding carboxylic acids is 1. The molecule has 0 unspecified atom stereocenters. The Kier molecular flexibility index (Phi) is 3.76. The number of amides is 1. The number of fused-ring (bicyclic) bond motifs is 1. The fraction of sp³-hybridized carbons (Fsp3) is 0.125. The Hall–Kier alpha value is -2.85. The van der Waals surface area contributed by atoms with Gasteiger partial charge in [-0.15, -0.1) is 0 Å². The summed E-state index contributed by atoms with van der Waals surface area (Å²) in [5, 5.41) is 11.7. The van der Waals surface area contributed by atoms with E-state index in [-0.39, 0.29) is 22.1 Å². The van der Waals surface area contributed by atoms with Crippen LogP contribution in [0.25, 0.3) is 0 Å². The van der Waals surface area contributed by atoms with Gasteiger partial charge in [0.2, 0.25) is 5.91 Å². The fourth-order valence-corrected chi connectivity index (χ4v) is 3.31. The van der Waals surface area contributed by atoms with Gasteiger partial charge in [0.15, 0.2) is 5.75 Å². The number of para-hydroxylation sites is 1. The number of anilines is 1. The summed E-state index contributed by atoms with van der Waals surface area (Å²) in [6.45, 7) is 0. The van der Waals surface area contributed by atoms with Gasteiger partial charge in [0, 0.05) is 12.1 Å². The summed E-state index contributed by atoms with van der Waals surface area (Å²) < 4.78 is 29.9. The van der Waals surface area contributed by atoms with Crippen LogP contribution in [0.2, 0.25) is 0 Å². The Morgan fingerprint density at radius 2 is 1.91 bits per heavy atom. The molecule has 7 heteroatoms.